The monoisotopic (exact) mass is 304 g/mol. The van der Waals surface area contributed by atoms with E-state index in [9.17, 15) is 26.3 Å². The van der Waals surface area contributed by atoms with Crippen molar-refractivity contribution in [2.45, 2.75) is 45.2 Å². The second kappa shape index (κ2) is 5.58. The van der Waals surface area contributed by atoms with Crippen molar-refractivity contribution in [2.75, 3.05) is 0 Å². The van der Waals surface area contributed by atoms with E-state index in [-0.39, 0.29) is 24.8 Å². The lowest BCUT2D eigenvalue weighted by molar-refractivity contribution is -0.256. The lowest BCUT2D eigenvalue weighted by Gasteiger charge is -2.23. The second-order valence-corrected chi connectivity index (χ2v) is 4.70. The molecule has 1 aromatic heterocycles. The molecule has 0 saturated heterocycles. The molecule has 10 heteroatoms. The summed E-state index contributed by atoms with van der Waals surface area (Å²) in [5.74, 6) is -5.12. The van der Waals surface area contributed by atoms with Crippen molar-refractivity contribution < 1.29 is 26.3 Å². The SMILES string of the molecule is CC(C)Cn1c(CN)nnc1C(C(F)(F)F)C(F)(F)F. The van der Waals surface area contributed by atoms with Crippen LogP contribution in [0.3, 0.4) is 0 Å². The Morgan fingerprint density at radius 2 is 1.55 bits per heavy atom. The van der Waals surface area contributed by atoms with Crippen molar-refractivity contribution >= 4 is 0 Å². The van der Waals surface area contributed by atoms with E-state index in [0.29, 0.717) is 0 Å². The van der Waals surface area contributed by atoms with Crippen molar-refractivity contribution in [3.05, 3.63) is 11.6 Å². The summed E-state index contributed by atoms with van der Waals surface area (Å²) in [6.45, 7) is 2.94. The van der Waals surface area contributed by atoms with Crippen LogP contribution in [0.4, 0.5) is 26.3 Å². The zero-order chi connectivity index (χ0) is 15.7. The van der Waals surface area contributed by atoms with Gasteiger partial charge in [0.25, 0.3) is 0 Å². The summed E-state index contributed by atoms with van der Waals surface area (Å²) < 4.78 is 77.0. The predicted octanol–water partition coefficient (Wildman–Crippen LogP) is 2.60. The molecule has 4 nitrogen and oxygen atoms in total. The molecule has 0 saturated carbocycles. The molecule has 0 atom stereocenters. The lowest BCUT2D eigenvalue weighted by atomic mass is 10.1. The van der Waals surface area contributed by atoms with Crippen LogP contribution in [0.2, 0.25) is 0 Å². The Morgan fingerprint density at radius 1 is 1.05 bits per heavy atom. The van der Waals surface area contributed by atoms with Gasteiger partial charge < -0.3 is 10.3 Å². The second-order valence-electron chi connectivity index (χ2n) is 4.70. The number of halogens is 6. The summed E-state index contributed by atoms with van der Waals surface area (Å²) in [4.78, 5) is 0. The lowest BCUT2D eigenvalue weighted by Crippen LogP contribution is -2.36. The van der Waals surface area contributed by atoms with Crippen molar-refractivity contribution in [1.29, 1.82) is 0 Å². The van der Waals surface area contributed by atoms with E-state index in [1.54, 1.807) is 13.8 Å². The average Bonchev–Trinajstić information content (AvgIpc) is 2.56. The van der Waals surface area contributed by atoms with Crippen LogP contribution in [0.1, 0.15) is 31.4 Å². The minimum atomic E-state index is -5.49. The minimum absolute atomic E-state index is 0.0719. The molecule has 0 fully saturated rings. The van der Waals surface area contributed by atoms with Gasteiger partial charge in [-0.1, -0.05) is 13.8 Å². The summed E-state index contributed by atoms with van der Waals surface area (Å²) in [5, 5.41) is 6.39. The van der Waals surface area contributed by atoms with Gasteiger partial charge in [0, 0.05) is 6.54 Å². The van der Waals surface area contributed by atoms with Gasteiger partial charge >= 0.3 is 12.4 Å². The van der Waals surface area contributed by atoms with E-state index < -0.39 is 24.1 Å². The van der Waals surface area contributed by atoms with Crippen molar-refractivity contribution in [3.63, 3.8) is 0 Å². The Labute approximate surface area is 111 Å². The highest BCUT2D eigenvalue weighted by atomic mass is 19.4. The van der Waals surface area contributed by atoms with Crippen LogP contribution >= 0.6 is 0 Å². The Morgan fingerprint density at radius 3 is 1.90 bits per heavy atom. The molecule has 0 spiro atoms. The highest BCUT2D eigenvalue weighted by Crippen LogP contribution is 2.45. The van der Waals surface area contributed by atoms with Gasteiger partial charge in [-0.15, -0.1) is 10.2 Å². The molecule has 0 unspecified atom stereocenters. The Kier molecular flexibility index (Phi) is 4.67. The van der Waals surface area contributed by atoms with E-state index in [1.807, 2.05) is 0 Å². The Balaban J connectivity index is 3.38. The highest BCUT2D eigenvalue weighted by molar-refractivity contribution is 5.08. The van der Waals surface area contributed by atoms with Gasteiger partial charge in [0.1, 0.15) is 5.82 Å². The third-order valence-corrected chi connectivity index (χ3v) is 2.50. The molecule has 0 aliphatic heterocycles. The topological polar surface area (TPSA) is 56.7 Å². The number of nitrogens with zero attached hydrogens (tertiary/aromatic N) is 3. The molecular formula is C10H14F6N4. The van der Waals surface area contributed by atoms with Gasteiger partial charge in [-0.3, -0.25) is 0 Å². The first-order valence-corrected chi connectivity index (χ1v) is 5.74. The van der Waals surface area contributed by atoms with Crippen LogP contribution in [-0.2, 0) is 13.1 Å². The zero-order valence-electron chi connectivity index (χ0n) is 10.8. The number of hydrogen-bond donors (Lipinski definition) is 1. The van der Waals surface area contributed by atoms with Crippen LogP contribution in [0.5, 0.6) is 0 Å². The molecule has 1 heterocycles. The molecule has 0 aliphatic carbocycles. The van der Waals surface area contributed by atoms with E-state index >= 15 is 0 Å². The van der Waals surface area contributed by atoms with E-state index in [4.69, 9.17) is 5.73 Å². The van der Waals surface area contributed by atoms with Gasteiger partial charge in [0.05, 0.1) is 6.54 Å². The van der Waals surface area contributed by atoms with Gasteiger partial charge in [0.15, 0.2) is 5.82 Å². The molecule has 2 N–H and O–H groups in total. The zero-order valence-corrected chi connectivity index (χ0v) is 10.8. The van der Waals surface area contributed by atoms with E-state index in [2.05, 4.69) is 10.2 Å². The number of nitrogens with two attached hydrogens (primary N) is 1. The van der Waals surface area contributed by atoms with Gasteiger partial charge in [-0.25, -0.2) is 0 Å². The molecule has 20 heavy (non-hydrogen) atoms. The maximum Gasteiger partial charge on any atom is 0.407 e. The number of rotatable bonds is 4. The predicted molar refractivity (Wildman–Crippen MR) is 57.6 cm³/mol. The summed E-state index contributed by atoms with van der Waals surface area (Å²) >= 11 is 0. The van der Waals surface area contributed by atoms with Crippen LogP contribution in [0.25, 0.3) is 0 Å². The molecular weight excluding hydrogens is 290 g/mol. The largest absolute Gasteiger partial charge is 0.407 e. The molecule has 1 rings (SSSR count). The van der Waals surface area contributed by atoms with Crippen LogP contribution in [0, 0.1) is 5.92 Å². The van der Waals surface area contributed by atoms with Gasteiger partial charge in [-0.05, 0) is 5.92 Å². The maximum atomic E-state index is 12.7. The van der Waals surface area contributed by atoms with Crippen molar-refractivity contribution in [1.82, 2.24) is 14.8 Å². The highest BCUT2D eigenvalue weighted by Gasteiger charge is 2.60. The Bertz CT molecular complexity index is 434. The summed E-state index contributed by atoms with van der Waals surface area (Å²) in [7, 11) is 0. The number of aromatic nitrogens is 3. The fourth-order valence-corrected chi connectivity index (χ4v) is 1.76. The van der Waals surface area contributed by atoms with E-state index in [1.165, 1.54) is 0 Å². The van der Waals surface area contributed by atoms with Crippen molar-refractivity contribution in [3.8, 4) is 0 Å². The van der Waals surface area contributed by atoms with Crippen LogP contribution in [0.15, 0.2) is 0 Å². The Hall–Kier alpha value is -1.32. The smallest absolute Gasteiger partial charge is 0.324 e. The van der Waals surface area contributed by atoms with Crippen LogP contribution in [-0.4, -0.2) is 27.1 Å². The molecule has 116 valence electrons. The molecule has 0 radical (unpaired) electrons. The average molecular weight is 304 g/mol. The summed E-state index contributed by atoms with van der Waals surface area (Å²) in [6, 6.07) is 0. The quantitative estimate of drug-likeness (QED) is 0.870. The van der Waals surface area contributed by atoms with Crippen LogP contribution < -0.4 is 5.73 Å². The normalized spacial score (nSPS) is 13.6. The fourth-order valence-electron chi connectivity index (χ4n) is 1.76. The van der Waals surface area contributed by atoms with Gasteiger partial charge in [0.2, 0.25) is 5.92 Å². The first kappa shape index (κ1) is 16.7. The first-order chi connectivity index (χ1) is 8.98. The third kappa shape index (κ3) is 3.62. The maximum absolute atomic E-state index is 12.7. The van der Waals surface area contributed by atoms with Crippen molar-refractivity contribution in [2.24, 2.45) is 11.7 Å². The molecule has 0 amide bonds. The number of alkyl halides is 6. The standard InChI is InChI=1S/C10H14F6N4/c1-5(2)4-20-6(3-17)18-19-8(20)7(9(11,12)13)10(14,15)16/h5,7H,3-4,17H2,1-2H3. The fraction of sp³-hybridized carbons (Fsp3) is 0.800. The summed E-state index contributed by atoms with van der Waals surface area (Å²) in [5.41, 5.74) is 5.27. The third-order valence-electron chi connectivity index (χ3n) is 2.50. The molecule has 0 aliphatic rings. The first-order valence-electron chi connectivity index (χ1n) is 5.74. The molecule has 0 aromatic carbocycles. The van der Waals surface area contributed by atoms with E-state index in [0.717, 1.165) is 4.57 Å². The summed E-state index contributed by atoms with van der Waals surface area (Å²) in [6.07, 6.45) is -11.0. The van der Waals surface area contributed by atoms with Gasteiger partial charge in [-0.2, -0.15) is 26.3 Å². The molecule has 1 aromatic rings. The number of hydrogen-bond acceptors (Lipinski definition) is 3. The minimum Gasteiger partial charge on any atom is -0.324 e. The molecule has 0 bridgehead atoms.